The Morgan fingerprint density at radius 1 is 1.22 bits per heavy atom. The van der Waals surface area contributed by atoms with Gasteiger partial charge in [-0.05, 0) is 24.5 Å². The summed E-state index contributed by atoms with van der Waals surface area (Å²) in [6.07, 6.45) is 2.17. The van der Waals surface area contributed by atoms with Crippen LogP contribution in [-0.2, 0) is 10.2 Å². The zero-order chi connectivity index (χ0) is 12.8. The number of halogens is 1. The van der Waals surface area contributed by atoms with E-state index in [2.05, 4.69) is 0 Å². The van der Waals surface area contributed by atoms with Crippen LogP contribution < -0.4 is 9.47 Å². The topological polar surface area (TPSA) is 55.8 Å². The van der Waals surface area contributed by atoms with E-state index in [1.807, 2.05) is 0 Å². The third kappa shape index (κ3) is 1.56. The van der Waals surface area contributed by atoms with Crippen molar-refractivity contribution < 1.29 is 19.4 Å². The molecule has 0 aromatic heterocycles. The van der Waals surface area contributed by atoms with Crippen LogP contribution >= 0.6 is 11.6 Å². The number of carboxylic acids is 1. The van der Waals surface area contributed by atoms with Crippen LogP contribution in [0.5, 0.6) is 11.5 Å². The summed E-state index contributed by atoms with van der Waals surface area (Å²) in [5.41, 5.74) is -0.195. The maximum atomic E-state index is 11.5. The fourth-order valence-corrected chi connectivity index (χ4v) is 2.89. The van der Waals surface area contributed by atoms with Crippen molar-refractivity contribution >= 4 is 17.6 Å². The van der Waals surface area contributed by atoms with Gasteiger partial charge in [0.05, 0.1) is 5.41 Å². The van der Waals surface area contributed by atoms with Crippen molar-refractivity contribution in [3.63, 3.8) is 0 Å². The molecule has 0 saturated heterocycles. The van der Waals surface area contributed by atoms with Crippen LogP contribution in [0, 0.1) is 0 Å². The molecule has 1 aromatic carbocycles. The molecule has 0 bridgehead atoms. The Morgan fingerprint density at radius 3 is 2.33 bits per heavy atom. The maximum absolute atomic E-state index is 11.5. The zero-order valence-electron chi connectivity index (χ0n) is 9.74. The lowest BCUT2D eigenvalue weighted by molar-refractivity contribution is -0.147. The van der Waals surface area contributed by atoms with Crippen molar-refractivity contribution in [1.82, 2.24) is 0 Å². The smallest absolute Gasteiger partial charge is 0.314 e. The van der Waals surface area contributed by atoms with Gasteiger partial charge in [0.25, 0.3) is 0 Å². The molecule has 1 heterocycles. The molecule has 0 radical (unpaired) electrons. The van der Waals surface area contributed by atoms with Crippen LogP contribution in [0.15, 0.2) is 12.1 Å². The first kappa shape index (κ1) is 11.7. The van der Waals surface area contributed by atoms with E-state index in [1.54, 1.807) is 12.1 Å². The van der Waals surface area contributed by atoms with Gasteiger partial charge < -0.3 is 14.6 Å². The Hall–Kier alpha value is -1.42. The second-order valence-corrected chi connectivity index (χ2v) is 5.12. The lowest BCUT2D eigenvalue weighted by Gasteiger charge is -2.39. The number of ether oxygens (including phenoxy) is 2. The van der Waals surface area contributed by atoms with Gasteiger partial charge in [0.15, 0.2) is 11.5 Å². The molecule has 1 aliphatic heterocycles. The summed E-state index contributed by atoms with van der Waals surface area (Å²) in [6.45, 7) is 0.973. The van der Waals surface area contributed by atoms with E-state index >= 15 is 0 Å². The number of carboxylic acid groups (broad SMARTS) is 1. The van der Waals surface area contributed by atoms with E-state index in [0.29, 0.717) is 48.1 Å². The number of aliphatic carboxylic acids is 1. The monoisotopic (exact) mass is 268 g/mol. The average molecular weight is 269 g/mol. The highest BCUT2D eigenvalue weighted by Gasteiger charge is 2.47. The van der Waals surface area contributed by atoms with E-state index in [0.717, 1.165) is 6.42 Å². The fraction of sp³-hybridized carbons (Fsp3) is 0.462. The van der Waals surface area contributed by atoms with Gasteiger partial charge in [-0.25, -0.2) is 0 Å². The molecule has 0 amide bonds. The Bertz CT molecular complexity index is 508. The molecule has 0 atom stereocenters. The van der Waals surface area contributed by atoms with Crippen LogP contribution in [0.25, 0.3) is 0 Å². The predicted octanol–water partition coefficient (Wildman–Crippen LogP) is 2.62. The van der Waals surface area contributed by atoms with Gasteiger partial charge in [-0.15, -0.1) is 0 Å². The minimum atomic E-state index is -0.840. The van der Waals surface area contributed by atoms with Gasteiger partial charge in [0, 0.05) is 11.1 Å². The van der Waals surface area contributed by atoms with Crippen molar-refractivity contribution in [2.45, 2.75) is 24.7 Å². The minimum Gasteiger partial charge on any atom is -0.486 e. The highest BCUT2D eigenvalue weighted by molar-refractivity contribution is 6.32. The van der Waals surface area contributed by atoms with Crippen LogP contribution in [0.3, 0.4) is 0 Å². The summed E-state index contributed by atoms with van der Waals surface area (Å²) >= 11 is 6.20. The second-order valence-electron chi connectivity index (χ2n) is 4.72. The molecular weight excluding hydrogens is 256 g/mol. The third-order valence-corrected chi connectivity index (χ3v) is 4.08. The lowest BCUT2D eigenvalue weighted by Crippen LogP contribution is -2.42. The fourth-order valence-electron chi connectivity index (χ4n) is 2.56. The normalized spacial score (nSPS) is 20.1. The quantitative estimate of drug-likeness (QED) is 0.896. The Balaban J connectivity index is 2.09. The molecule has 1 saturated carbocycles. The van der Waals surface area contributed by atoms with Gasteiger partial charge in [0.2, 0.25) is 0 Å². The van der Waals surface area contributed by atoms with Gasteiger partial charge in [-0.1, -0.05) is 18.0 Å². The molecule has 0 unspecified atom stereocenters. The van der Waals surface area contributed by atoms with Crippen molar-refractivity contribution in [3.05, 3.63) is 22.7 Å². The molecule has 18 heavy (non-hydrogen) atoms. The molecule has 2 aliphatic rings. The molecule has 0 spiro atoms. The summed E-state index contributed by atoms with van der Waals surface area (Å²) in [7, 11) is 0. The summed E-state index contributed by atoms with van der Waals surface area (Å²) in [6, 6.07) is 3.39. The van der Waals surface area contributed by atoms with E-state index < -0.39 is 11.4 Å². The number of hydrogen-bond donors (Lipinski definition) is 1. The Kier molecular flexibility index (Phi) is 2.63. The molecular formula is C13H13ClO4. The van der Waals surface area contributed by atoms with Crippen LogP contribution in [-0.4, -0.2) is 24.3 Å². The first-order valence-corrected chi connectivity index (χ1v) is 6.34. The van der Waals surface area contributed by atoms with Gasteiger partial charge >= 0.3 is 5.97 Å². The summed E-state index contributed by atoms with van der Waals surface area (Å²) < 4.78 is 10.9. The molecule has 1 N–H and O–H groups in total. The van der Waals surface area contributed by atoms with Crippen LogP contribution in [0.1, 0.15) is 24.8 Å². The van der Waals surface area contributed by atoms with E-state index in [4.69, 9.17) is 21.1 Å². The summed E-state index contributed by atoms with van der Waals surface area (Å²) in [5, 5.41) is 9.88. The van der Waals surface area contributed by atoms with E-state index in [-0.39, 0.29) is 0 Å². The van der Waals surface area contributed by atoms with Crippen molar-refractivity contribution in [1.29, 1.82) is 0 Å². The van der Waals surface area contributed by atoms with E-state index in [9.17, 15) is 9.90 Å². The highest BCUT2D eigenvalue weighted by Crippen LogP contribution is 2.49. The standard InChI is InChI=1S/C13H13ClO4/c14-9-7-11-10(17-4-5-18-11)6-8(9)13(12(15)16)2-1-3-13/h6-7H,1-5H2,(H,15,16). The van der Waals surface area contributed by atoms with E-state index in [1.165, 1.54) is 0 Å². The SMILES string of the molecule is O=C(O)C1(c2cc3c(cc2Cl)OCCO3)CCC1. The maximum Gasteiger partial charge on any atom is 0.314 e. The average Bonchev–Trinajstić information content (AvgIpc) is 2.27. The molecule has 5 heteroatoms. The summed E-state index contributed by atoms with van der Waals surface area (Å²) in [5.74, 6) is 0.371. The Morgan fingerprint density at radius 2 is 1.83 bits per heavy atom. The van der Waals surface area contributed by atoms with Gasteiger partial charge in [-0.3, -0.25) is 4.79 Å². The number of hydrogen-bond acceptors (Lipinski definition) is 3. The molecule has 1 aliphatic carbocycles. The number of benzene rings is 1. The number of carbonyl (C=O) groups is 1. The first-order chi connectivity index (χ1) is 8.63. The molecule has 3 rings (SSSR count). The minimum absolute atomic E-state index is 0.446. The van der Waals surface area contributed by atoms with Crippen LogP contribution in [0.2, 0.25) is 5.02 Å². The molecule has 96 valence electrons. The van der Waals surface area contributed by atoms with Crippen molar-refractivity contribution in [2.24, 2.45) is 0 Å². The molecule has 1 aromatic rings. The molecule has 1 fully saturated rings. The second kappa shape index (κ2) is 4.05. The van der Waals surface area contributed by atoms with Crippen molar-refractivity contribution in [3.8, 4) is 11.5 Å². The van der Waals surface area contributed by atoms with Gasteiger partial charge in [0.1, 0.15) is 13.2 Å². The predicted molar refractivity (Wildman–Crippen MR) is 65.6 cm³/mol. The lowest BCUT2D eigenvalue weighted by atomic mass is 9.64. The largest absolute Gasteiger partial charge is 0.486 e. The first-order valence-electron chi connectivity index (χ1n) is 5.96. The summed E-state index contributed by atoms with van der Waals surface area (Å²) in [4.78, 5) is 11.5. The van der Waals surface area contributed by atoms with Crippen molar-refractivity contribution in [2.75, 3.05) is 13.2 Å². The third-order valence-electron chi connectivity index (χ3n) is 3.76. The Labute approximate surface area is 109 Å². The number of rotatable bonds is 2. The molecule has 4 nitrogen and oxygen atoms in total. The highest BCUT2D eigenvalue weighted by atomic mass is 35.5. The van der Waals surface area contributed by atoms with Gasteiger partial charge in [-0.2, -0.15) is 0 Å². The number of fused-ring (bicyclic) bond motifs is 1. The van der Waals surface area contributed by atoms with Crippen LogP contribution in [0.4, 0.5) is 0 Å². The zero-order valence-corrected chi connectivity index (χ0v) is 10.5.